The summed E-state index contributed by atoms with van der Waals surface area (Å²) in [5.41, 5.74) is 3.08. The van der Waals surface area contributed by atoms with E-state index in [0.717, 1.165) is 6.42 Å². The van der Waals surface area contributed by atoms with Gasteiger partial charge in [0.15, 0.2) is 5.69 Å². The summed E-state index contributed by atoms with van der Waals surface area (Å²) in [4.78, 5) is 22.5. The van der Waals surface area contributed by atoms with E-state index >= 15 is 0 Å². The van der Waals surface area contributed by atoms with E-state index in [2.05, 4.69) is 15.4 Å². The van der Waals surface area contributed by atoms with Gasteiger partial charge in [-0.15, -0.1) is 0 Å². The third-order valence-electron chi connectivity index (χ3n) is 2.83. The van der Waals surface area contributed by atoms with Gasteiger partial charge in [-0.25, -0.2) is 9.97 Å². The van der Waals surface area contributed by atoms with E-state index < -0.39 is 0 Å². The van der Waals surface area contributed by atoms with Crippen molar-refractivity contribution in [3.63, 3.8) is 0 Å². The third kappa shape index (κ3) is 3.88. The number of nitrogens with zero attached hydrogens (tertiary/aromatic N) is 3. The molecule has 1 amide bonds. The fourth-order valence-corrected chi connectivity index (χ4v) is 1.80. The Hall–Kier alpha value is -1.73. The largest absolute Gasteiger partial charge is 0.395 e. The van der Waals surface area contributed by atoms with E-state index in [9.17, 15) is 4.79 Å². The van der Waals surface area contributed by atoms with Crippen molar-refractivity contribution in [1.82, 2.24) is 14.9 Å². The molecule has 0 spiro atoms. The summed E-state index contributed by atoms with van der Waals surface area (Å²) in [5.74, 6) is 5.87. The number of anilines is 1. The molecule has 7 heteroatoms. The first-order chi connectivity index (χ1) is 9.54. The van der Waals surface area contributed by atoms with E-state index in [1.807, 2.05) is 20.8 Å². The molecule has 4 N–H and O–H groups in total. The molecule has 20 heavy (non-hydrogen) atoms. The fraction of sp³-hybridized carbons (Fsp3) is 0.615. The maximum atomic E-state index is 12.5. The normalized spacial score (nSPS) is 10.7. The molecule has 0 aliphatic heterocycles. The second-order valence-corrected chi connectivity index (χ2v) is 4.81. The van der Waals surface area contributed by atoms with Gasteiger partial charge >= 0.3 is 0 Å². The Balaban J connectivity index is 3.13. The van der Waals surface area contributed by atoms with Crippen molar-refractivity contribution in [2.45, 2.75) is 33.1 Å². The summed E-state index contributed by atoms with van der Waals surface area (Å²) >= 11 is 0. The molecule has 1 heterocycles. The first-order valence-electron chi connectivity index (χ1n) is 6.78. The SMILES string of the molecule is CCCN(CCO)C(=O)c1nc(C(C)C)ncc1NN. The number of nitrogen functional groups attached to an aromatic ring is 1. The topological polar surface area (TPSA) is 104 Å². The maximum Gasteiger partial charge on any atom is 0.274 e. The molecule has 1 aromatic rings. The van der Waals surface area contributed by atoms with Crippen molar-refractivity contribution in [2.75, 3.05) is 25.1 Å². The zero-order chi connectivity index (χ0) is 15.1. The molecule has 0 aromatic carbocycles. The number of carbonyl (C=O) groups is 1. The molecule has 0 atom stereocenters. The number of nitrogens with one attached hydrogen (secondary N) is 1. The highest BCUT2D eigenvalue weighted by Gasteiger charge is 2.21. The number of amides is 1. The smallest absolute Gasteiger partial charge is 0.274 e. The van der Waals surface area contributed by atoms with Crippen LogP contribution in [0.5, 0.6) is 0 Å². The predicted molar refractivity (Wildman–Crippen MR) is 77.2 cm³/mol. The molecule has 0 radical (unpaired) electrons. The van der Waals surface area contributed by atoms with E-state index in [1.165, 1.54) is 6.20 Å². The highest BCUT2D eigenvalue weighted by molar-refractivity contribution is 5.97. The number of aliphatic hydroxyl groups is 1. The lowest BCUT2D eigenvalue weighted by atomic mass is 10.2. The molecule has 1 rings (SSSR count). The van der Waals surface area contributed by atoms with Crippen LogP contribution in [0.2, 0.25) is 0 Å². The Kier molecular flexibility index (Phi) is 6.33. The fourth-order valence-electron chi connectivity index (χ4n) is 1.80. The number of rotatable bonds is 7. The monoisotopic (exact) mass is 281 g/mol. The lowest BCUT2D eigenvalue weighted by Gasteiger charge is -2.22. The second-order valence-electron chi connectivity index (χ2n) is 4.81. The minimum absolute atomic E-state index is 0.0841. The summed E-state index contributed by atoms with van der Waals surface area (Å²) in [6, 6.07) is 0. The maximum absolute atomic E-state index is 12.5. The molecule has 0 unspecified atom stereocenters. The van der Waals surface area contributed by atoms with Crippen LogP contribution in [0, 0.1) is 0 Å². The molecule has 112 valence electrons. The molecular formula is C13H23N5O2. The van der Waals surface area contributed by atoms with Crippen LogP contribution < -0.4 is 11.3 Å². The van der Waals surface area contributed by atoms with Gasteiger partial charge in [0.2, 0.25) is 0 Å². The summed E-state index contributed by atoms with van der Waals surface area (Å²) in [7, 11) is 0. The molecule has 0 aliphatic rings. The van der Waals surface area contributed by atoms with Crippen LogP contribution in [-0.4, -0.2) is 45.6 Å². The molecule has 0 aliphatic carbocycles. The Bertz CT molecular complexity index is 444. The summed E-state index contributed by atoms with van der Waals surface area (Å²) in [6.45, 7) is 6.63. The zero-order valence-corrected chi connectivity index (χ0v) is 12.3. The number of carbonyl (C=O) groups excluding carboxylic acids is 1. The van der Waals surface area contributed by atoms with Gasteiger partial charge in [-0.2, -0.15) is 0 Å². The van der Waals surface area contributed by atoms with Crippen LogP contribution in [0.4, 0.5) is 5.69 Å². The van der Waals surface area contributed by atoms with Gasteiger partial charge in [0.1, 0.15) is 5.82 Å². The first kappa shape index (κ1) is 16.3. The minimum Gasteiger partial charge on any atom is -0.395 e. The van der Waals surface area contributed by atoms with Crippen LogP contribution in [0.3, 0.4) is 0 Å². The number of aliphatic hydroxyl groups excluding tert-OH is 1. The Morgan fingerprint density at radius 1 is 1.50 bits per heavy atom. The van der Waals surface area contributed by atoms with Crippen molar-refractivity contribution in [1.29, 1.82) is 0 Å². The Morgan fingerprint density at radius 3 is 2.70 bits per heavy atom. The van der Waals surface area contributed by atoms with Gasteiger partial charge in [0.25, 0.3) is 5.91 Å². The quantitative estimate of drug-likeness (QED) is 0.503. The predicted octanol–water partition coefficient (Wildman–Crippen LogP) is 0.730. The van der Waals surface area contributed by atoms with E-state index in [0.29, 0.717) is 18.1 Å². The van der Waals surface area contributed by atoms with Crippen LogP contribution in [-0.2, 0) is 0 Å². The molecule has 0 bridgehead atoms. The molecule has 0 saturated carbocycles. The van der Waals surface area contributed by atoms with Crippen LogP contribution in [0.15, 0.2) is 6.20 Å². The van der Waals surface area contributed by atoms with Crippen molar-refractivity contribution in [3.05, 3.63) is 17.7 Å². The van der Waals surface area contributed by atoms with Gasteiger partial charge in [0.05, 0.1) is 18.5 Å². The zero-order valence-electron chi connectivity index (χ0n) is 12.3. The van der Waals surface area contributed by atoms with Crippen LogP contribution in [0.25, 0.3) is 0 Å². The number of hydrogen-bond donors (Lipinski definition) is 3. The summed E-state index contributed by atoms with van der Waals surface area (Å²) in [6.07, 6.45) is 2.32. The standard InChI is InChI=1S/C13H23N5O2/c1-4-5-18(6-7-19)13(20)11-10(17-14)8-15-12(16-11)9(2)3/h8-9,17,19H,4-7,14H2,1-3H3. The third-order valence-corrected chi connectivity index (χ3v) is 2.83. The van der Waals surface area contributed by atoms with E-state index in [1.54, 1.807) is 4.90 Å². The second kappa shape index (κ2) is 7.76. The summed E-state index contributed by atoms with van der Waals surface area (Å²) in [5, 5.41) is 9.06. The average Bonchev–Trinajstić information content (AvgIpc) is 2.45. The van der Waals surface area contributed by atoms with Gasteiger partial charge < -0.3 is 15.4 Å². The highest BCUT2D eigenvalue weighted by atomic mass is 16.3. The molecule has 0 saturated heterocycles. The molecule has 0 fully saturated rings. The van der Waals surface area contributed by atoms with Crippen LogP contribution in [0.1, 0.15) is 49.4 Å². The number of nitrogens with two attached hydrogens (primary N) is 1. The number of hydrazine groups is 1. The summed E-state index contributed by atoms with van der Waals surface area (Å²) < 4.78 is 0. The molecular weight excluding hydrogens is 258 g/mol. The van der Waals surface area contributed by atoms with Crippen LogP contribution >= 0.6 is 0 Å². The number of hydrogen-bond acceptors (Lipinski definition) is 6. The lowest BCUT2D eigenvalue weighted by molar-refractivity contribution is 0.0716. The van der Waals surface area contributed by atoms with Crippen molar-refractivity contribution in [3.8, 4) is 0 Å². The van der Waals surface area contributed by atoms with E-state index in [-0.39, 0.29) is 30.7 Å². The molecule has 7 nitrogen and oxygen atoms in total. The van der Waals surface area contributed by atoms with Gasteiger partial charge in [0, 0.05) is 19.0 Å². The van der Waals surface area contributed by atoms with Crippen molar-refractivity contribution < 1.29 is 9.90 Å². The number of aromatic nitrogens is 2. The first-order valence-corrected chi connectivity index (χ1v) is 6.78. The lowest BCUT2D eigenvalue weighted by Crippen LogP contribution is -2.35. The van der Waals surface area contributed by atoms with Gasteiger partial charge in [-0.3, -0.25) is 10.6 Å². The minimum atomic E-state index is -0.252. The Labute approximate surface area is 119 Å². The molecule has 1 aromatic heterocycles. The highest BCUT2D eigenvalue weighted by Crippen LogP contribution is 2.17. The van der Waals surface area contributed by atoms with E-state index in [4.69, 9.17) is 10.9 Å². The average molecular weight is 281 g/mol. The van der Waals surface area contributed by atoms with Gasteiger partial charge in [-0.1, -0.05) is 20.8 Å². The van der Waals surface area contributed by atoms with Crippen molar-refractivity contribution in [2.24, 2.45) is 5.84 Å². The van der Waals surface area contributed by atoms with Gasteiger partial charge in [-0.05, 0) is 6.42 Å². The Morgan fingerprint density at radius 2 is 2.20 bits per heavy atom. The van der Waals surface area contributed by atoms with Crippen molar-refractivity contribution >= 4 is 11.6 Å².